The van der Waals surface area contributed by atoms with Crippen LogP contribution in [0.25, 0.3) is 0 Å². The molecule has 0 bridgehead atoms. The van der Waals surface area contributed by atoms with Crippen LogP contribution in [0.5, 0.6) is 0 Å². The maximum absolute atomic E-state index is 11.7. The number of aliphatic hydroxyl groups is 1. The largest absolute Gasteiger partial charge is 0.389 e. The van der Waals surface area contributed by atoms with Gasteiger partial charge in [0, 0.05) is 18.2 Å². The number of urea groups is 1. The lowest BCUT2D eigenvalue weighted by atomic mass is 10.2. The van der Waals surface area contributed by atoms with E-state index >= 15 is 0 Å². The molecule has 0 aliphatic heterocycles. The van der Waals surface area contributed by atoms with Crippen LogP contribution in [0.1, 0.15) is 13.8 Å². The monoisotopic (exact) mass is 334 g/mol. The van der Waals surface area contributed by atoms with Gasteiger partial charge in [-0.15, -0.1) is 0 Å². The first-order chi connectivity index (χ1) is 9.88. The van der Waals surface area contributed by atoms with Gasteiger partial charge in [-0.3, -0.25) is 0 Å². The van der Waals surface area contributed by atoms with Crippen LogP contribution < -0.4 is 10.6 Å². The van der Waals surface area contributed by atoms with Crippen molar-refractivity contribution in [1.82, 2.24) is 5.32 Å². The van der Waals surface area contributed by atoms with E-state index < -0.39 is 12.1 Å². The SMILES string of the molecule is CC(C)COCC(O)CNC(=O)Nc1ccc(Cl)cc1Cl. The minimum absolute atomic E-state index is 0.0924. The van der Waals surface area contributed by atoms with Crippen molar-refractivity contribution in [3.8, 4) is 0 Å². The number of halogens is 2. The predicted octanol–water partition coefficient (Wildman–Crippen LogP) is 3.15. The minimum Gasteiger partial charge on any atom is -0.389 e. The van der Waals surface area contributed by atoms with Crippen LogP contribution in [0.15, 0.2) is 18.2 Å². The molecule has 1 aromatic carbocycles. The van der Waals surface area contributed by atoms with Crippen LogP contribution in [-0.4, -0.2) is 37.0 Å². The zero-order valence-electron chi connectivity index (χ0n) is 12.0. The summed E-state index contributed by atoms with van der Waals surface area (Å²) in [5.41, 5.74) is 0.448. The Balaban J connectivity index is 2.30. The van der Waals surface area contributed by atoms with E-state index in [0.717, 1.165) is 0 Å². The Morgan fingerprint density at radius 3 is 2.67 bits per heavy atom. The molecule has 0 saturated heterocycles. The molecule has 0 aliphatic rings. The number of rotatable bonds is 7. The second-order valence-electron chi connectivity index (χ2n) is 5.04. The van der Waals surface area contributed by atoms with E-state index in [1.165, 1.54) is 6.07 Å². The molecule has 0 aromatic heterocycles. The highest BCUT2D eigenvalue weighted by Gasteiger charge is 2.09. The Kier molecular flexibility index (Phi) is 7.82. The molecular formula is C14H20Cl2N2O3. The van der Waals surface area contributed by atoms with Gasteiger partial charge in [-0.05, 0) is 24.1 Å². The van der Waals surface area contributed by atoms with Crippen molar-refractivity contribution >= 4 is 34.9 Å². The van der Waals surface area contributed by atoms with Gasteiger partial charge in [0.2, 0.25) is 0 Å². The fraction of sp³-hybridized carbons (Fsp3) is 0.500. The van der Waals surface area contributed by atoms with E-state index in [-0.39, 0.29) is 13.2 Å². The number of hydrogen-bond acceptors (Lipinski definition) is 3. The molecule has 0 aliphatic carbocycles. The highest BCUT2D eigenvalue weighted by Crippen LogP contribution is 2.25. The van der Waals surface area contributed by atoms with Gasteiger partial charge in [0.15, 0.2) is 0 Å². The topological polar surface area (TPSA) is 70.6 Å². The van der Waals surface area contributed by atoms with E-state index in [1.807, 2.05) is 13.8 Å². The first-order valence-corrected chi connectivity index (χ1v) is 7.39. The van der Waals surface area contributed by atoms with Gasteiger partial charge in [0.05, 0.1) is 23.4 Å². The number of benzene rings is 1. The molecule has 0 spiro atoms. The lowest BCUT2D eigenvalue weighted by Gasteiger charge is -2.14. The van der Waals surface area contributed by atoms with Gasteiger partial charge in [-0.2, -0.15) is 0 Å². The molecule has 7 heteroatoms. The number of aliphatic hydroxyl groups excluding tert-OH is 1. The van der Waals surface area contributed by atoms with E-state index in [0.29, 0.717) is 28.3 Å². The zero-order chi connectivity index (χ0) is 15.8. The van der Waals surface area contributed by atoms with Crippen molar-refractivity contribution in [1.29, 1.82) is 0 Å². The Morgan fingerprint density at radius 1 is 1.33 bits per heavy atom. The number of carbonyl (C=O) groups is 1. The fourth-order valence-electron chi connectivity index (χ4n) is 1.47. The average molecular weight is 335 g/mol. The smallest absolute Gasteiger partial charge is 0.319 e. The van der Waals surface area contributed by atoms with Gasteiger partial charge in [-0.1, -0.05) is 37.0 Å². The normalized spacial score (nSPS) is 12.3. The van der Waals surface area contributed by atoms with E-state index in [1.54, 1.807) is 12.1 Å². The van der Waals surface area contributed by atoms with Crippen molar-refractivity contribution in [2.75, 3.05) is 25.1 Å². The van der Waals surface area contributed by atoms with Crippen molar-refractivity contribution in [2.24, 2.45) is 5.92 Å². The third-order valence-electron chi connectivity index (χ3n) is 2.44. The molecule has 1 unspecified atom stereocenters. The predicted molar refractivity (Wildman–Crippen MR) is 85.1 cm³/mol. The van der Waals surface area contributed by atoms with E-state index in [2.05, 4.69) is 10.6 Å². The van der Waals surface area contributed by atoms with Crippen LogP contribution in [0.4, 0.5) is 10.5 Å². The first-order valence-electron chi connectivity index (χ1n) is 6.64. The summed E-state index contributed by atoms with van der Waals surface area (Å²) in [5, 5.41) is 15.6. The van der Waals surface area contributed by atoms with Crippen LogP contribution in [0.2, 0.25) is 10.0 Å². The zero-order valence-corrected chi connectivity index (χ0v) is 13.5. The van der Waals surface area contributed by atoms with Crippen LogP contribution in [0.3, 0.4) is 0 Å². The van der Waals surface area contributed by atoms with Crippen molar-refractivity contribution in [3.05, 3.63) is 28.2 Å². The highest BCUT2D eigenvalue weighted by atomic mass is 35.5. The molecule has 5 nitrogen and oxygen atoms in total. The molecule has 21 heavy (non-hydrogen) atoms. The third kappa shape index (κ3) is 7.52. The number of anilines is 1. The van der Waals surface area contributed by atoms with Gasteiger partial charge < -0.3 is 20.5 Å². The number of carbonyl (C=O) groups excluding carboxylic acids is 1. The Hall–Kier alpha value is -1.01. The van der Waals surface area contributed by atoms with Crippen LogP contribution >= 0.6 is 23.2 Å². The molecule has 0 fully saturated rings. The van der Waals surface area contributed by atoms with Crippen LogP contribution in [0, 0.1) is 5.92 Å². The lowest BCUT2D eigenvalue weighted by Crippen LogP contribution is -2.37. The maximum atomic E-state index is 11.7. The molecular weight excluding hydrogens is 315 g/mol. The second kappa shape index (κ2) is 9.10. The van der Waals surface area contributed by atoms with Crippen molar-refractivity contribution in [3.63, 3.8) is 0 Å². The third-order valence-corrected chi connectivity index (χ3v) is 2.99. The average Bonchev–Trinajstić information content (AvgIpc) is 2.39. The van der Waals surface area contributed by atoms with Gasteiger partial charge >= 0.3 is 6.03 Å². The summed E-state index contributed by atoms with van der Waals surface area (Å²) in [6, 6.07) is 4.30. The Labute approximate surface area is 134 Å². The quantitative estimate of drug-likeness (QED) is 0.717. The summed E-state index contributed by atoms with van der Waals surface area (Å²) < 4.78 is 5.28. The van der Waals surface area contributed by atoms with Gasteiger partial charge in [-0.25, -0.2) is 4.79 Å². The lowest BCUT2D eigenvalue weighted by molar-refractivity contribution is 0.0274. The highest BCUT2D eigenvalue weighted by molar-refractivity contribution is 6.36. The first kappa shape index (κ1) is 18.0. The standard InChI is InChI=1S/C14H20Cl2N2O3/c1-9(2)7-21-8-11(19)6-17-14(20)18-13-4-3-10(15)5-12(13)16/h3-5,9,11,19H,6-8H2,1-2H3,(H2,17,18,20). The van der Waals surface area contributed by atoms with E-state index in [4.69, 9.17) is 27.9 Å². The molecule has 0 saturated carbocycles. The van der Waals surface area contributed by atoms with Gasteiger partial charge in [0.25, 0.3) is 0 Å². The summed E-state index contributed by atoms with van der Waals surface area (Å²) >= 11 is 11.7. The van der Waals surface area contributed by atoms with E-state index in [9.17, 15) is 9.90 Å². The summed E-state index contributed by atoms with van der Waals surface area (Å²) in [6.45, 7) is 4.89. The van der Waals surface area contributed by atoms with Gasteiger partial charge in [0.1, 0.15) is 0 Å². The summed E-state index contributed by atoms with van der Waals surface area (Å²) in [6.07, 6.45) is -0.754. The van der Waals surface area contributed by atoms with Crippen LogP contribution in [-0.2, 0) is 4.74 Å². The second-order valence-corrected chi connectivity index (χ2v) is 5.89. The van der Waals surface area contributed by atoms with Crippen molar-refractivity contribution < 1.29 is 14.6 Å². The summed E-state index contributed by atoms with van der Waals surface area (Å²) in [5.74, 6) is 0.403. The number of ether oxygens (including phenoxy) is 1. The molecule has 0 heterocycles. The molecule has 3 N–H and O–H groups in total. The molecule has 1 aromatic rings. The Morgan fingerprint density at radius 2 is 2.05 bits per heavy atom. The van der Waals surface area contributed by atoms with Crippen molar-refractivity contribution in [2.45, 2.75) is 20.0 Å². The molecule has 2 amide bonds. The Bertz CT molecular complexity index is 470. The summed E-state index contributed by atoms with van der Waals surface area (Å²) in [4.78, 5) is 11.7. The number of amides is 2. The fourth-order valence-corrected chi connectivity index (χ4v) is 1.92. The minimum atomic E-state index is -0.754. The molecule has 1 rings (SSSR count). The maximum Gasteiger partial charge on any atom is 0.319 e. The number of nitrogens with one attached hydrogen (secondary N) is 2. The summed E-state index contributed by atoms with van der Waals surface area (Å²) in [7, 11) is 0. The molecule has 118 valence electrons. The molecule has 1 atom stereocenters. The molecule has 0 radical (unpaired) electrons. The number of hydrogen-bond donors (Lipinski definition) is 3.